The molecule has 0 saturated carbocycles. The number of phenols is 2. The molecule has 0 saturated heterocycles. The Kier molecular flexibility index (Phi) is 4.53. The van der Waals surface area contributed by atoms with Gasteiger partial charge in [0.15, 0.2) is 16.9 Å². The van der Waals surface area contributed by atoms with Gasteiger partial charge in [-0.2, -0.15) is 0 Å². The van der Waals surface area contributed by atoms with Gasteiger partial charge in [0, 0.05) is 16.2 Å². The summed E-state index contributed by atoms with van der Waals surface area (Å²) in [5.74, 6) is -0.317. The minimum atomic E-state index is -0.449. The van der Waals surface area contributed by atoms with Gasteiger partial charge in [-0.15, -0.1) is 0 Å². The van der Waals surface area contributed by atoms with E-state index in [1.54, 1.807) is 0 Å². The molecule has 0 aliphatic rings. The first-order valence-electron chi connectivity index (χ1n) is 6.98. The molecule has 3 N–H and O–H groups in total. The number of hydrogen-bond acceptors (Lipinski definition) is 5. The highest BCUT2D eigenvalue weighted by Gasteiger charge is 2.12. The van der Waals surface area contributed by atoms with Gasteiger partial charge in [0.25, 0.3) is 0 Å². The molecule has 0 fully saturated rings. The largest absolute Gasteiger partial charge is 0.504 e. The second-order valence-electron chi connectivity index (χ2n) is 5.08. The van der Waals surface area contributed by atoms with Crippen molar-refractivity contribution in [3.8, 4) is 11.5 Å². The summed E-state index contributed by atoms with van der Waals surface area (Å²) >= 11 is 2.27. The summed E-state index contributed by atoms with van der Waals surface area (Å²) in [6, 6.07) is 12.1. The Morgan fingerprint density at radius 2 is 1.87 bits per heavy atom. The SMILES string of the molecule is O=c1cc(CNCc2ccccc2I)oc2ccc(O)c(O)c12. The summed E-state index contributed by atoms with van der Waals surface area (Å²) in [6.45, 7) is 1.04. The predicted octanol–water partition coefficient (Wildman–Crippen LogP) is 3.10. The number of phenolic OH excluding ortho intramolecular Hbond substituents is 2. The lowest BCUT2D eigenvalue weighted by Gasteiger charge is -2.08. The van der Waals surface area contributed by atoms with Crippen LogP contribution < -0.4 is 10.7 Å². The molecule has 3 rings (SSSR count). The number of aromatic hydroxyl groups is 2. The highest BCUT2D eigenvalue weighted by atomic mass is 127. The van der Waals surface area contributed by atoms with Gasteiger partial charge in [-0.3, -0.25) is 4.79 Å². The summed E-state index contributed by atoms with van der Waals surface area (Å²) < 4.78 is 6.78. The molecular weight excluding hydrogens is 409 g/mol. The maximum absolute atomic E-state index is 12.1. The zero-order valence-electron chi connectivity index (χ0n) is 12.0. The van der Waals surface area contributed by atoms with Gasteiger partial charge >= 0.3 is 0 Å². The number of rotatable bonds is 4. The molecule has 0 spiro atoms. The zero-order valence-corrected chi connectivity index (χ0v) is 14.2. The Morgan fingerprint density at radius 1 is 1.09 bits per heavy atom. The van der Waals surface area contributed by atoms with Crippen LogP contribution in [0.1, 0.15) is 11.3 Å². The topological polar surface area (TPSA) is 82.7 Å². The van der Waals surface area contributed by atoms with Crippen LogP contribution in [0.4, 0.5) is 0 Å². The van der Waals surface area contributed by atoms with E-state index in [9.17, 15) is 15.0 Å². The van der Waals surface area contributed by atoms with Crippen LogP contribution in [0.3, 0.4) is 0 Å². The highest BCUT2D eigenvalue weighted by molar-refractivity contribution is 14.1. The Balaban J connectivity index is 1.80. The molecule has 0 bridgehead atoms. The highest BCUT2D eigenvalue weighted by Crippen LogP contribution is 2.31. The monoisotopic (exact) mass is 423 g/mol. The molecule has 3 aromatic rings. The number of fused-ring (bicyclic) bond motifs is 1. The van der Waals surface area contributed by atoms with Crippen molar-refractivity contribution >= 4 is 33.6 Å². The molecule has 0 radical (unpaired) electrons. The molecule has 2 aromatic carbocycles. The first-order valence-corrected chi connectivity index (χ1v) is 8.06. The van der Waals surface area contributed by atoms with Gasteiger partial charge in [-0.1, -0.05) is 18.2 Å². The Labute approximate surface area is 145 Å². The van der Waals surface area contributed by atoms with E-state index in [0.717, 1.165) is 3.57 Å². The lowest BCUT2D eigenvalue weighted by Crippen LogP contribution is -2.15. The van der Waals surface area contributed by atoms with Crippen LogP contribution in [0.2, 0.25) is 0 Å². The molecular formula is C17H14INO4. The molecule has 23 heavy (non-hydrogen) atoms. The van der Waals surface area contributed by atoms with Crippen LogP contribution in [0, 0.1) is 3.57 Å². The lowest BCUT2D eigenvalue weighted by molar-refractivity contribution is 0.406. The minimum absolute atomic E-state index is 0.00800. The van der Waals surface area contributed by atoms with Gasteiger partial charge in [0.2, 0.25) is 0 Å². The average molecular weight is 423 g/mol. The minimum Gasteiger partial charge on any atom is -0.504 e. The summed E-state index contributed by atoms with van der Waals surface area (Å²) in [7, 11) is 0. The van der Waals surface area contributed by atoms with Crippen molar-refractivity contribution in [2.24, 2.45) is 0 Å². The van der Waals surface area contributed by atoms with Crippen molar-refractivity contribution in [3.63, 3.8) is 0 Å². The van der Waals surface area contributed by atoms with Crippen molar-refractivity contribution in [2.45, 2.75) is 13.1 Å². The fourth-order valence-electron chi connectivity index (χ4n) is 2.32. The Morgan fingerprint density at radius 3 is 2.65 bits per heavy atom. The van der Waals surface area contributed by atoms with Crippen molar-refractivity contribution < 1.29 is 14.6 Å². The van der Waals surface area contributed by atoms with E-state index >= 15 is 0 Å². The van der Waals surface area contributed by atoms with Crippen molar-refractivity contribution in [1.82, 2.24) is 5.32 Å². The second-order valence-corrected chi connectivity index (χ2v) is 6.24. The Hall–Kier alpha value is -2.06. The molecule has 0 atom stereocenters. The summed E-state index contributed by atoms with van der Waals surface area (Å²) in [6.07, 6.45) is 0. The van der Waals surface area contributed by atoms with E-state index < -0.39 is 5.75 Å². The third kappa shape index (κ3) is 3.32. The van der Waals surface area contributed by atoms with E-state index in [4.69, 9.17) is 4.42 Å². The van der Waals surface area contributed by atoms with Gasteiger partial charge in [0.1, 0.15) is 16.7 Å². The number of hydrogen-bond donors (Lipinski definition) is 3. The Bertz CT molecular complexity index is 920. The van der Waals surface area contributed by atoms with Crippen LogP contribution in [-0.2, 0) is 13.1 Å². The maximum atomic E-state index is 12.1. The average Bonchev–Trinajstić information content (AvgIpc) is 2.52. The van der Waals surface area contributed by atoms with Crippen LogP contribution in [0.25, 0.3) is 11.0 Å². The van der Waals surface area contributed by atoms with Crippen LogP contribution >= 0.6 is 22.6 Å². The first-order chi connectivity index (χ1) is 11.1. The van der Waals surface area contributed by atoms with Gasteiger partial charge < -0.3 is 19.9 Å². The van der Waals surface area contributed by atoms with E-state index in [2.05, 4.69) is 27.9 Å². The van der Waals surface area contributed by atoms with E-state index in [0.29, 0.717) is 18.8 Å². The van der Waals surface area contributed by atoms with E-state index in [1.807, 2.05) is 24.3 Å². The van der Waals surface area contributed by atoms with E-state index in [-0.39, 0.29) is 22.1 Å². The third-order valence-corrected chi connectivity index (χ3v) is 4.52. The smallest absolute Gasteiger partial charge is 0.196 e. The van der Waals surface area contributed by atoms with Gasteiger partial charge in [0.05, 0.1) is 6.54 Å². The molecule has 1 aromatic heterocycles. The molecule has 5 nitrogen and oxygen atoms in total. The fraction of sp³-hybridized carbons (Fsp3) is 0.118. The van der Waals surface area contributed by atoms with Crippen LogP contribution in [0.5, 0.6) is 11.5 Å². The van der Waals surface area contributed by atoms with Crippen molar-refractivity contribution in [3.05, 3.63) is 67.6 Å². The number of halogens is 1. The van der Waals surface area contributed by atoms with Crippen LogP contribution in [0.15, 0.2) is 51.7 Å². The molecule has 0 aliphatic heterocycles. The fourth-order valence-corrected chi connectivity index (χ4v) is 2.90. The molecule has 1 heterocycles. The molecule has 6 heteroatoms. The van der Waals surface area contributed by atoms with Crippen molar-refractivity contribution in [1.29, 1.82) is 0 Å². The summed E-state index contributed by atoms with van der Waals surface area (Å²) in [4.78, 5) is 12.1. The lowest BCUT2D eigenvalue weighted by atomic mass is 10.2. The second kappa shape index (κ2) is 6.59. The molecule has 0 amide bonds. The summed E-state index contributed by atoms with van der Waals surface area (Å²) in [5.41, 5.74) is 1.03. The zero-order chi connectivity index (χ0) is 16.4. The maximum Gasteiger partial charge on any atom is 0.196 e. The molecule has 118 valence electrons. The third-order valence-electron chi connectivity index (χ3n) is 3.47. The number of nitrogens with one attached hydrogen (secondary N) is 1. The molecule has 0 unspecified atom stereocenters. The van der Waals surface area contributed by atoms with Crippen molar-refractivity contribution in [2.75, 3.05) is 0 Å². The summed E-state index contributed by atoms with van der Waals surface area (Å²) in [5, 5.41) is 22.4. The standard InChI is InChI=1S/C17H14INO4/c18-12-4-2-1-3-10(12)8-19-9-11-7-14(21)16-15(23-11)6-5-13(20)17(16)22/h1-7,19-20,22H,8-9H2. The normalized spacial score (nSPS) is 11.0. The first kappa shape index (κ1) is 15.8. The number of benzene rings is 2. The van der Waals surface area contributed by atoms with Gasteiger partial charge in [-0.05, 0) is 46.4 Å². The quantitative estimate of drug-likeness (QED) is 0.444. The molecule has 0 aliphatic carbocycles. The predicted molar refractivity (Wildman–Crippen MR) is 95.5 cm³/mol. The van der Waals surface area contributed by atoms with E-state index in [1.165, 1.54) is 23.8 Å². The van der Waals surface area contributed by atoms with Gasteiger partial charge in [-0.25, -0.2) is 0 Å². The van der Waals surface area contributed by atoms with Crippen LogP contribution in [-0.4, -0.2) is 10.2 Å².